The highest BCUT2D eigenvalue weighted by atomic mass is 32.1. The molecule has 76 heavy (non-hydrogen) atoms. The van der Waals surface area contributed by atoms with E-state index in [0.29, 0.717) is 19.4 Å². The Morgan fingerprint density at radius 1 is 0.421 bits per heavy atom. The molecule has 29 nitrogen and oxygen atoms in total. The fourth-order valence-corrected chi connectivity index (χ4v) is 6.60. The van der Waals surface area contributed by atoms with E-state index in [1.807, 2.05) is 0 Å². The van der Waals surface area contributed by atoms with Gasteiger partial charge in [0, 0.05) is 82.7 Å². The molecule has 0 spiro atoms. The van der Waals surface area contributed by atoms with Crippen LogP contribution in [0.25, 0.3) is 0 Å². The molecule has 0 heterocycles. The zero-order valence-corrected chi connectivity index (χ0v) is 44.4. The van der Waals surface area contributed by atoms with E-state index in [1.165, 1.54) is 0 Å². The quantitative estimate of drug-likeness (QED) is 0.0228. The average molecular weight is 1110 g/mol. The average Bonchev–Trinajstić information content (AvgIpc) is 3.32. The number of hydrogen-bond acceptors (Lipinski definition) is 23. The van der Waals surface area contributed by atoms with Crippen molar-refractivity contribution in [2.24, 2.45) is 0 Å². The molecule has 0 rings (SSSR count). The van der Waals surface area contributed by atoms with Gasteiger partial charge in [-0.3, -0.25) is 52.7 Å². The first-order valence-electron chi connectivity index (χ1n) is 24.6. The number of carbonyl (C=O) groups excluding carboxylic acids is 9. The van der Waals surface area contributed by atoms with Gasteiger partial charge in [0.15, 0.2) is 17.9 Å². The number of unbranched alkanes of at least 4 members (excludes halogenated alkanes) is 7. The number of hydroxylamine groups is 4. The molecule has 30 heteroatoms. The van der Waals surface area contributed by atoms with Crippen LogP contribution in [0.5, 0.6) is 0 Å². The van der Waals surface area contributed by atoms with Crippen molar-refractivity contribution in [1.82, 2.24) is 31.7 Å². The summed E-state index contributed by atoms with van der Waals surface area (Å²) in [7, 11) is 0. The number of carboxylic acid groups (broad SMARTS) is 3. The van der Waals surface area contributed by atoms with Crippen LogP contribution in [0.15, 0.2) is 0 Å². The SMILES string of the molecule is CC(=O)ON(OC(C)=O)C(CCC(=O)NCCOCCOCCOCCOCCC(=O)C(CC(=O)NCCCCCCCCCCC(=O)NC(CS)C(=O)O)NC(=O)CCC(C(=O)O)N(OC(C)=O)OC(C)=O)C(=O)O. The Morgan fingerprint density at radius 2 is 0.803 bits per heavy atom. The van der Waals surface area contributed by atoms with E-state index in [-0.39, 0.29) is 107 Å². The number of ketones is 1. The Morgan fingerprint density at radius 3 is 1.24 bits per heavy atom. The molecule has 0 aliphatic heterocycles. The van der Waals surface area contributed by atoms with Crippen LogP contribution in [-0.4, -0.2) is 193 Å². The van der Waals surface area contributed by atoms with Crippen molar-refractivity contribution in [2.45, 2.75) is 148 Å². The smallest absolute Gasteiger partial charge is 0.328 e. The third-order valence-electron chi connectivity index (χ3n) is 10.0. The van der Waals surface area contributed by atoms with Crippen LogP contribution in [-0.2, 0) is 95.8 Å². The van der Waals surface area contributed by atoms with Crippen LogP contribution in [0.1, 0.15) is 124 Å². The molecule has 4 atom stereocenters. The minimum atomic E-state index is -1.79. The van der Waals surface area contributed by atoms with Crippen LogP contribution < -0.4 is 21.3 Å². The van der Waals surface area contributed by atoms with Crippen molar-refractivity contribution in [3.8, 4) is 0 Å². The summed E-state index contributed by atoms with van der Waals surface area (Å²) in [5.74, 6) is -10.9. The summed E-state index contributed by atoms with van der Waals surface area (Å²) in [6.07, 6.45) is 4.36. The Labute approximate surface area is 445 Å². The van der Waals surface area contributed by atoms with Gasteiger partial charge in [0.05, 0.1) is 65.3 Å². The number of ether oxygens (including phenoxy) is 4. The molecule has 4 unspecified atom stereocenters. The summed E-state index contributed by atoms with van der Waals surface area (Å²) in [5.41, 5.74) is 0. The number of carboxylic acids is 3. The predicted molar refractivity (Wildman–Crippen MR) is 262 cm³/mol. The molecule has 0 aromatic heterocycles. The van der Waals surface area contributed by atoms with Gasteiger partial charge >= 0.3 is 41.8 Å². The number of aliphatic carboxylic acids is 3. The van der Waals surface area contributed by atoms with Crippen LogP contribution >= 0.6 is 12.6 Å². The van der Waals surface area contributed by atoms with Crippen LogP contribution in [0, 0.1) is 0 Å². The van der Waals surface area contributed by atoms with Crippen molar-refractivity contribution in [3.05, 3.63) is 0 Å². The highest BCUT2D eigenvalue weighted by Gasteiger charge is 2.34. The number of thiol groups is 1. The summed E-state index contributed by atoms with van der Waals surface area (Å²) in [6.45, 7) is 5.22. The van der Waals surface area contributed by atoms with E-state index in [4.69, 9.17) is 24.1 Å². The number of hydrogen-bond donors (Lipinski definition) is 8. The number of carbonyl (C=O) groups is 12. The second-order valence-corrected chi connectivity index (χ2v) is 17.0. The Balaban J connectivity index is 4.78. The maximum Gasteiger partial charge on any atom is 0.328 e. The highest BCUT2D eigenvalue weighted by Crippen LogP contribution is 2.14. The Hall–Kier alpha value is -6.05. The number of nitrogens with one attached hydrogen (secondary N) is 4. The summed E-state index contributed by atoms with van der Waals surface area (Å²) >= 11 is 3.93. The molecule has 0 radical (unpaired) electrons. The minimum absolute atomic E-state index is 0.000897. The van der Waals surface area contributed by atoms with E-state index >= 15 is 0 Å². The van der Waals surface area contributed by atoms with Gasteiger partial charge in [-0.15, -0.1) is 0 Å². The van der Waals surface area contributed by atoms with Gasteiger partial charge in [-0.2, -0.15) is 12.6 Å². The van der Waals surface area contributed by atoms with Crippen molar-refractivity contribution in [2.75, 3.05) is 71.7 Å². The summed E-state index contributed by atoms with van der Waals surface area (Å²) in [6, 6.07) is -5.77. The molecule has 0 aliphatic carbocycles. The minimum Gasteiger partial charge on any atom is -0.480 e. The maximum absolute atomic E-state index is 13.3. The van der Waals surface area contributed by atoms with E-state index in [2.05, 4.69) is 53.2 Å². The van der Waals surface area contributed by atoms with Crippen LogP contribution in [0.2, 0.25) is 0 Å². The van der Waals surface area contributed by atoms with Gasteiger partial charge in [-0.1, -0.05) is 38.5 Å². The third kappa shape index (κ3) is 37.6. The van der Waals surface area contributed by atoms with Gasteiger partial charge in [-0.25, -0.2) is 4.79 Å². The first kappa shape index (κ1) is 70.0. The van der Waals surface area contributed by atoms with Crippen molar-refractivity contribution >= 4 is 83.8 Å². The van der Waals surface area contributed by atoms with Gasteiger partial charge in [-0.05, 0) is 25.7 Å². The number of rotatable bonds is 47. The normalized spacial score (nSPS) is 12.6. The number of amides is 4. The molecule has 434 valence electrons. The lowest BCUT2D eigenvalue weighted by atomic mass is 10.0. The van der Waals surface area contributed by atoms with Crippen LogP contribution in [0.3, 0.4) is 0 Å². The largest absolute Gasteiger partial charge is 0.480 e. The fourth-order valence-electron chi connectivity index (χ4n) is 6.35. The maximum atomic E-state index is 13.3. The molecular weight excluding hydrogens is 1040 g/mol. The summed E-state index contributed by atoms with van der Waals surface area (Å²) in [4.78, 5) is 162. The first-order chi connectivity index (χ1) is 36.1. The molecule has 0 aromatic carbocycles. The second kappa shape index (κ2) is 43.1. The lowest BCUT2D eigenvalue weighted by molar-refractivity contribution is -0.340. The highest BCUT2D eigenvalue weighted by molar-refractivity contribution is 7.80. The number of Topliss-reactive ketones (excluding diaryl/α,β-unsaturated/α-hetero) is 1. The molecule has 0 saturated heterocycles. The molecule has 7 N–H and O–H groups in total. The monoisotopic (exact) mass is 1110 g/mol. The lowest BCUT2D eigenvalue weighted by Gasteiger charge is -2.24. The van der Waals surface area contributed by atoms with E-state index in [9.17, 15) is 67.7 Å². The lowest BCUT2D eigenvalue weighted by Crippen LogP contribution is -2.46. The first-order valence-corrected chi connectivity index (χ1v) is 25.3. The molecule has 0 aromatic rings. The van der Waals surface area contributed by atoms with Gasteiger partial charge in [0.2, 0.25) is 23.6 Å². The molecule has 0 fully saturated rings. The number of nitrogens with zero attached hydrogens (tertiary/aromatic N) is 2. The van der Waals surface area contributed by atoms with Crippen molar-refractivity contribution < 1.29 is 111 Å². The van der Waals surface area contributed by atoms with Gasteiger partial charge in [0.1, 0.15) is 6.04 Å². The van der Waals surface area contributed by atoms with Gasteiger partial charge in [0.25, 0.3) is 0 Å². The van der Waals surface area contributed by atoms with Crippen molar-refractivity contribution in [3.63, 3.8) is 0 Å². The van der Waals surface area contributed by atoms with Crippen LogP contribution in [0.4, 0.5) is 0 Å². The predicted octanol–water partition coefficient (Wildman–Crippen LogP) is 0.113. The Bertz CT molecular complexity index is 1810. The zero-order valence-electron chi connectivity index (χ0n) is 43.5. The van der Waals surface area contributed by atoms with E-state index < -0.39 is 109 Å². The molecule has 0 aliphatic rings. The van der Waals surface area contributed by atoms with Crippen molar-refractivity contribution in [1.29, 1.82) is 0 Å². The topological polar surface area (TPSA) is 394 Å². The van der Waals surface area contributed by atoms with E-state index in [1.54, 1.807) is 0 Å². The molecule has 4 amide bonds. The zero-order chi connectivity index (χ0) is 57.3. The summed E-state index contributed by atoms with van der Waals surface area (Å²) < 4.78 is 21.8. The molecule has 0 bridgehead atoms. The van der Waals surface area contributed by atoms with Gasteiger partial charge < -0.3 is 74.9 Å². The molecule has 0 saturated carbocycles. The standard InChI is InChI=1S/C46H76N6O23S/c1-31(53)72-51(73-32(2)54)37(45(64)65)14-16-40(58)48-20-22-69-24-26-71-28-27-70-25-23-68-21-18-39(57)35(49-42(60)17-15-38(46(66)67)52(74-33(3)55)75-34(4)56)29-43(61)47-19-12-10-8-6-5-7-9-11-13-41(59)50-36(30-76)44(62)63/h35-38,76H,5-30H2,1-4H3,(H,47,61)(H,48,58)(H,49,60)(H,50,59)(H,62,63)(H,64,65)(H,66,67). The molecular formula is C46H76N6O23S. The fraction of sp³-hybridized carbons (Fsp3) is 0.739. The third-order valence-corrected chi connectivity index (χ3v) is 10.4. The van der Waals surface area contributed by atoms with E-state index in [0.717, 1.165) is 66.2 Å². The Kier molecular flexibility index (Phi) is 39.7. The summed E-state index contributed by atoms with van der Waals surface area (Å²) in [5, 5.41) is 38.7. The second-order valence-electron chi connectivity index (χ2n) is 16.6.